The van der Waals surface area contributed by atoms with Gasteiger partial charge in [0.15, 0.2) is 16.6 Å². The second kappa shape index (κ2) is 4.67. The van der Waals surface area contributed by atoms with Crippen molar-refractivity contribution < 1.29 is 5.11 Å². The van der Waals surface area contributed by atoms with Crippen molar-refractivity contribution in [3.05, 3.63) is 6.33 Å². The molecular weight excluding hydrogens is 226 g/mol. The van der Waals surface area contributed by atoms with Crippen LogP contribution in [0.25, 0.3) is 11.2 Å². The third-order valence-corrected chi connectivity index (χ3v) is 2.69. The van der Waals surface area contributed by atoms with Crippen molar-refractivity contribution >= 4 is 28.7 Å². The highest BCUT2D eigenvalue weighted by atomic mass is 32.2. The van der Waals surface area contributed by atoms with Crippen molar-refractivity contribution in [3.8, 4) is 0 Å². The third-order valence-electron chi connectivity index (χ3n) is 2.14. The number of anilines is 1. The molecule has 0 amide bonds. The number of hydrogen-bond acceptors (Lipinski definition) is 6. The Hall–Kier alpha value is -1.34. The Balaban J connectivity index is 2.52. The minimum absolute atomic E-state index is 0.0674. The molecule has 6 nitrogen and oxygen atoms in total. The summed E-state index contributed by atoms with van der Waals surface area (Å²) in [6.07, 6.45) is 3.62. The maximum atomic E-state index is 8.81. The van der Waals surface area contributed by atoms with E-state index in [-0.39, 0.29) is 6.61 Å². The van der Waals surface area contributed by atoms with Gasteiger partial charge in [-0.25, -0.2) is 15.0 Å². The van der Waals surface area contributed by atoms with Gasteiger partial charge in [0.05, 0.1) is 12.9 Å². The first-order valence-corrected chi connectivity index (χ1v) is 6.06. The van der Waals surface area contributed by atoms with Crippen molar-refractivity contribution in [1.29, 1.82) is 0 Å². The molecule has 0 saturated heterocycles. The molecule has 2 aromatic rings. The van der Waals surface area contributed by atoms with Crippen LogP contribution in [0.2, 0.25) is 0 Å². The lowest BCUT2D eigenvalue weighted by Gasteiger charge is -2.07. The van der Waals surface area contributed by atoms with Gasteiger partial charge in [0.25, 0.3) is 0 Å². The minimum atomic E-state index is 0.0674. The number of fused-ring (bicyclic) bond motifs is 1. The van der Waals surface area contributed by atoms with Gasteiger partial charge in [-0.05, 0) is 6.26 Å². The van der Waals surface area contributed by atoms with E-state index in [4.69, 9.17) is 5.11 Å². The van der Waals surface area contributed by atoms with Crippen LogP contribution in [-0.4, -0.2) is 44.0 Å². The Kier molecular flexibility index (Phi) is 3.25. The normalized spacial score (nSPS) is 10.9. The van der Waals surface area contributed by atoms with Crippen LogP contribution in [0, 0.1) is 0 Å². The lowest BCUT2D eigenvalue weighted by atomic mass is 10.4. The van der Waals surface area contributed by atoms with Crippen molar-refractivity contribution in [1.82, 2.24) is 19.5 Å². The SMILES string of the molecule is CSc1nc(NCCO)c2c(ncn2C)n1. The molecule has 0 spiro atoms. The molecule has 0 aliphatic carbocycles. The molecule has 2 aromatic heterocycles. The van der Waals surface area contributed by atoms with Crippen LogP contribution in [0.3, 0.4) is 0 Å². The van der Waals surface area contributed by atoms with E-state index in [1.165, 1.54) is 11.8 Å². The Morgan fingerprint density at radius 3 is 3.00 bits per heavy atom. The molecule has 2 rings (SSSR count). The minimum Gasteiger partial charge on any atom is -0.395 e. The van der Waals surface area contributed by atoms with Crippen LogP contribution in [0.1, 0.15) is 0 Å². The van der Waals surface area contributed by atoms with E-state index in [0.29, 0.717) is 23.2 Å². The van der Waals surface area contributed by atoms with Crippen LogP contribution >= 0.6 is 11.8 Å². The summed E-state index contributed by atoms with van der Waals surface area (Å²) in [4.78, 5) is 12.9. The highest BCUT2D eigenvalue weighted by Gasteiger charge is 2.10. The Morgan fingerprint density at radius 2 is 2.31 bits per heavy atom. The second-order valence-electron chi connectivity index (χ2n) is 3.24. The van der Waals surface area contributed by atoms with Gasteiger partial charge < -0.3 is 15.0 Å². The van der Waals surface area contributed by atoms with E-state index in [1.54, 1.807) is 6.33 Å². The van der Waals surface area contributed by atoms with Crippen LogP contribution in [-0.2, 0) is 7.05 Å². The first kappa shape index (κ1) is 11.2. The molecule has 86 valence electrons. The van der Waals surface area contributed by atoms with Gasteiger partial charge in [0, 0.05) is 13.6 Å². The number of nitrogens with one attached hydrogen (secondary N) is 1. The lowest BCUT2D eigenvalue weighted by molar-refractivity contribution is 0.311. The molecule has 0 saturated carbocycles. The maximum Gasteiger partial charge on any atom is 0.191 e. The highest BCUT2D eigenvalue weighted by molar-refractivity contribution is 7.98. The van der Waals surface area contributed by atoms with Gasteiger partial charge in [-0.2, -0.15) is 0 Å². The number of thioether (sulfide) groups is 1. The van der Waals surface area contributed by atoms with Crippen LogP contribution in [0.5, 0.6) is 0 Å². The van der Waals surface area contributed by atoms with Crippen molar-refractivity contribution in [2.75, 3.05) is 24.7 Å². The molecule has 7 heteroatoms. The molecular formula is C9H13N5OS. The third kappa shape index (κ3) is 1.96. The predicted molar refractivity (Wildman–Crippen MR) is 63.7 cm³/mol. The van der Waals surface area contributed by atoms with Crippen molar-refractivity contribution in [2.45, 2.75) is 5.16 Å². The maximum absolute atomic E-state index is 8.81. The predicted octanol–water partition coefficient (Wildman–Crippen LogP) is 0.489. The van der Waals surface area contributed by atoms with Gasteiger partial charge in [0.2, 0.25) is 0 Å². The number of aromatic nitrogens is 4. The Morgan fingerprint density at radius 1 is 1.50 bits per heavy atom. The summed E-state index contributed by atoms with van der Waals surface area (Å²) in [6.45, 7) is 0.531. The van der Waals surface area contributed by atoms with E-state index < -0.39 is 0 Å². The number of rotatable bonds is 4. The van der Waals surface area contributed by atoms with E-state index in [1.807, 2.05) is 17.9 Å². The first-order valence-electron chi connectivity index (χ1n) is 4.84. The molecule has 2 N–H and O–H groups in total. The number of aryl methyl sites for hydroxylation is 1. The zero-order valence-electron chi connectivity index (χ0n) is 9.14. The molecule has 0 atom stereocenters. The van der Waals surface area contributed by atoms with Gasteiger partial charge in [-0.15, -0.1) is 0 Å². The fraction of sp³-hybridized carbons (Fsp3) is 0.444. The summed E-state index contributed by atoms with van der Waals surface area (Å²) in [5, 5.41) is 12.5. The van der Waals surface area contributed by atoms with Crippen molar-refractivity contribution in [2.24, 2.45) is 7.05 Å². The van der Waals surface area contributed by atoms with E-state index in [9.17, 15) is 0 Å². The topological polar surface area (TPSA) is 75.9 Å². The van der Waals surface area contributed by atoms with Gasteiger partial charge in [-0.3, -0.25) is 0 Å². The van der Waals surface area contributed by atoms with Gasteiger partial charge in [-0.1, -0.05) is 11.8 Å². The number of hydrogen-bond donors (Lipinski definition) is 2. The largest absolute Gasteiger partial charge is 0.395 e. The highest BCUT2D eigenvalue weighted by Crippen LogP contribution is 2.21. The van der Waals surface area contributed by atoms with Crippen LogP contribution in [0.4, 0.5) is 5.82 Å². The molecule has 0 bridgehead atoms. The van der Waals surface area contributed by atoms with E-state index in [0.717, 1.165) is 5.52 Å². The average molecular weight is 239 g/mol. The zero-order valence-corrected chi connectivity index (χ0v) is 9.95. The van der Waals surface area contributed by atoms with Crippen LogP contribution < -0.4 is 5.32 Å². The van der Waals surface area contributed by atoms with Crippen molar-refractivity contribution in [3.63, 3.8) is 0 Å². The van der Waals surface area contributed by atoms with Gasteiger partial charge >= 0.3 is 0 Å². The zero-order chi connectivity index (χ0) is 11.5. The standard InChI is InChI=1S/C9H13N5OS/c1-14-5-11-8-6(14)7(10-3-4-15)12-9(13-8)16-2/h5,15H,3-4H2,1-2H3,(H,10,12,13). The number of aliphatic hydroxyl groups excluding tert-OH is 1. The monoisotopic (exact) mass is 239 g/mol. The molecule has 0 aliphatic heterocycles. The molecule has 0 unspecified atom stereocenters. The lowest BCUT2D eigenvalue weighted by Crippen LogP contribution is -2.09. The fourth-order valence-corrected chi connectivity index (χ4v) is 1.79. The van der Waals surface area contributed by atoms with E-state index in [2.05, 4.69) is 20.3 Å². The average Bonchev–Trinajstić information content (AvgIpc) is 2.68. The molecule has 16 heavy (non-hydrogen) atoms. The summed E-state index contributed by atoms with van der Waals surface area (Å²) in [6, 6.07) is 0. The molecule has 2 heterocycles. The summed E-state index contributed by atoms with van der Waals surface area (Å²) in [7, 11) is 1.89. The Labute approximate surface area is 97.1 Å². The molecule has 0 aromatic carbocycles. The van der Waals surface area contributed by atoms with E-state index >= 15 is 0 Å². The van der Waals surface area contributed by atoms with Gasteiger partial charge in [0.1, 0.15) is 5.52 Å². The summed E-state index contributed by atoms with van der Waals surface area (Å²) in [5.74, 6) is 0.711. The quantitative estimate of drug-likeness (QED) is 0.597. The summed E-state index contributed by atoms with van der Waals surface area (Å²) >= 11 is 1.47. The smallest absolute Gasteiger partial charge is 0.191 e. The molecule has 0 radical (unpaired) electrons. The van der Waals surface area contributed by atoms with Crippen LogP contribution in [0.15, 0.2) is 11.5 Å². The second-order valence-corrected chi connectivity index (χ2v) is 4.01. The number of nitrogens with zero attached hydrogens (tertiary/aromatic N) is 4. The molecule has 0 fully saturated rings. The number of aliphatic hydroxyl groups is 1. The summed E-state index contributed by atoms with van der Waals surface area (Å²) < 4.78 is 1.86. The fourth-order valence-electron chi connectivity index (χ4n) is 1.43. The number of imidazole rings is 1. The molecule has 0 aliphatic rings. The first-order chi connectivity index (χ1) is 7.76. The summed E-state index contributed by atoms with van der Waals surface area (Å²) in [5.41, 5.74) is 1.52. The Bertz CT molecular complexity index is 498.